The van der Waals surface area contributed by atoms with Gasteiger partial charge >= 0.3 is 0 Å². The summed E-state index contributed by atoms with van der Waals surface area (Å²) in [5.41, 5.74) is 1.00. The summed E-state index contributed by atoms with van der Waals surface area (Å²) in [5.74, 6) is 1.67. The van der Waals surface area contributed by atoms with E-state index in [4.69, 9.17) is 0 Å². The zero-order valence-electron chi connectivity index (χ0n) is 11.3. The number of benzene rings is 1. The summed E-state index contributed by atoms with van der Waals surface area (Å²) in [5, 5.41) is 11.2. The van der Waals surface area contributed by atoms with Crippen molar-refractivity contribution < 1.29 is 0 Å². The van der Waals surface area contributed by atoms with Crippen LogP contribution in [0.5, 0.6) is 0 Å². The molecule has 4 heteroatoms. The molecule has 0 saturated carbocycles. The Labute approximate surface area is 122 Å². The molecular formula is C15H18BrN3. The highest BCUT2D eigenvalue weighted by Gasteiger charge is 2.26. The van der Waals surface area contributed by atoms with Crippen molar-refractivity contribution in [1.29, 1.82) is 0 Å². The summed E-state index contributed by atoms with van der Waals surface area (Å²) >= 11 is 3.75. The average molecular weight is 320 g/mol. The number of hydrogen-bond donors (Lipinski definition) is 0. The van der Waals surface area contributed by atoms with Gasteiger partial charge in [-0.25, -0.2) is 0 Å². The normalized spacial score (nSPS) is 23.8. The van der Waals surface area contributed by atoms with Crippen LogP contribution >= 0.6 is 15.9 Å². The minimum absolute atomic E-state index is 0.619. The topological polar surface area (TPSA) is 29.0 Å². The summed E-state index contributed by atoms with van der Waals surface area (Å²) in [7, 11) is 0. The third kappa shape index (κ3) is 2.34. The van der Waals surface area contributed by atoms with Crippen LogP contribution < -0.4 is 4.90 Å². The van der Waals surface area contributed by atoms with Gasteiger partial charge < -0.3 is 4.90 Å². The van der Waals surface area contributed by atoms with Crippen molar-refractivity contribution >= 4 is 32.5 Å². The van der Waals surface area contributed by atoms with E-state index in [1.807, 2.05) is 6.92 Å². The first-order valence-electron chi connectivity index (χ1n) is 6.78. The molecule has 2 heterocycles. The molecule has 0 aliphatic carbocycles. The summed E-state index contributed by atoms with van der Waals surface area (Å²) in [6.07, 6.45) is 1.16. The molecule has 0 bridgehead atoms. The summed E-state index contributed by atoms with van der Waals surface area (Å²) in [6.45, 7) is 6.39. The van der Waals surface area contributed by atoms with Crippen LogP contribution in [0.25, 0.3) is 10.8 Å². The molecule has 100 valence electrons. The van der Waals surface area contributed by atoms with E-state index in [0.29, 0.717) is 10.7 Å². The second-order valence-electron chi connectivity index (χ2n) is 5.38. The quantitative estimate of drug-likeness (QED) is 0.753. The Kier molecular flexibility index (Phi) is 3.44. The van der Waals surface area contributed by atoms with E-state index in [2.05, 4.69) is 62.2 Å². The number of nitrogens with zero attached hydrogens (tertiary/aromatic N) is 3. The van der Waals surface area contributed by atoms with Gasteiger partial charge in [-0.2, -0.15) is 5.10 Å². The number of fused-ring (bicyclic) bond motifs is 1. The van der Waals surface area contributed by atoms with Crippen LogP contribution in [0, 0.1) is 12.8 Å². The van der Waals surface area contributed by atoms with Crippen LogP contribution in [-0.4, -0.2) is 28.1 Å². The molecule has 1 aliphatic heterocycles. The van der Waals surface area contributed by atoms with Gasteiger partial charge in [0.15, 0.2) is 5.82 Å². The van der Waals surface area contributed by atoms with Gasteiger partial charge in [0.25, 0.3) is 0 Å². The summed E-state index contributed by atoms with van der Waals surface area (Å²) in [6, 6.07) is 8.42. The Morgan fingerprint density at radius 2 is 1.95 bits per heavy atom. The highest BCUT2D eigenvalue weighted by Crippen LogP contribution is 2.30. The van der Waals surface area contributed by atoms with E-state index in [1.165, 1.54) is 10.8 Å². The minimum Gasteiger partial charge on any atom is -0.354 e. The Morgan fingerprint density at radius 1 is 1.21 bits per heavy atom. The number of rotatable bonds is 1. The van der Waals surface area contributed by atoms with E-state index in [1.54, 1.807) is 0 Å². The monoisotopic (exact) mass is 319 g/mol. The lowest BCUT2D eigenvalue weighted by atomic mass is 9.99. The minimum atomic E-state index is 0.619. The van der Waals surface area contributed by atoms with Gasteiger partial charge in [0.2, 0.25) is 0 Å². The third-order valence-corrected chi connectivity index (χ3v) is 5.31. The second kappa shape index (κ2) is 5.08. The molecule has 0 N–H and O–H groups in total. The molecule has 0 spiro atoms. The maximum atomic E-state index is 4.45. The highest BCUT2D eigenvalue weighted by molar-refractivity contribution is 9.09. The van der Waals surface area contributed by atoms with Crippen LogP contribution in [0.3, 0.4) is 0 Å². The number of alkyl halides is 1. The first-order chi connectivity index (χ1) is 9.16. The maximum Gasteiger partial charge on any atom is 0.159 e. The lowest BCUT2D eigenvalue weighted by Crippen LogP contribution is -2.40. The van der Waals surface area contributed by atoms with E-state index in [-0.39, 0.29) is 0 Å². The fourth-order valence-electron chi connectivity index (χ4n) is 2.77. The molecule has 0 amide bonds. The van der Waals surface area contributed by atoms with E-state index in [9.17, 15) is 0 Å². The van der Waals surface area contributed by atoms with Gasteiger partial charge in [0.1, 0.15) is 0 Å². The van der Waals surface area contributed by atoms with E-state index >= 15 is 0 Å². The predicted octanol–water partition coefficient (Wildman–Crippen LogP) is 3.55. The van der Waals surface area contributed by atoms with Gasteiger partial charge in [0, 0.05) is 28.7 Å². The first kappa shape index (κ1) is 12.9. The number of halogens is 1. The molecule has 1 aromatic carbocycles. The molecule has 1 aromatic heterocycles. The first-order valence-corrected chi connectivity index (χ1v) is 7.69. The lowest BCUT2D eigenvalue weighted by molar-refractivity contribution is 0.463. The Bertz CT molecular complexity index is 599. The Balaban J connectivity index is 2.04. The van der Waals surface area contributed by atoms with Crippen LogP contribution in [0.4, 0.5) is 5.82 Å². The molecular weight excluding hydrogens is 302 g/mol. The molecule has 3 rings (SSSR count). The van der Waals surface area contributed by atoms with Crippen molar-refractivity contribution in [2.24, 2.45) is 5.92 Å². The number of aromatic nitrogens is 2. The van der Waals surface area contributed by atoms with Crippen molar-refractivity contribution in [2.75, 3.05) is 18.0 Å². The predicted molar refractivity (Wildman–Crippen MR) is 83.0 cm³/mol. The number of piperidine rings is 1. The van der Waals surface area contributed by atoms with Gasteiger partial charge in [-0.3, -0.25) is 0 Å². The zero-order valence-corrected chi connectivity index (χ0v) is 12.9. The number of aryl methyl sites for hydroxylation is 1. The average Bonchev–Trinajstić information content (AvgIpc) is 2.43. The molecule has 2 atom stereocenters. The van der Waals surface area contributed by atoms with Crippen molar-refractivity contribution in [3.05, 3.63) is 30.0 Å². The number of hydrogen-bond acceptors (Lipinski definition) is 3. The molecule has 2 aromatic rings. The second-order valence-corrected chi connectivity index (χ2v) is 6.56. The lowest BCUT2D eigenvalue weighted by Gasteiger charge is -2.35. The largest absolute Gasteiger partial charge is 0.354 e. The van der Waals surface area contributed by atoms with Gasteiger partial charge in [-0.05, 0) is 19.3 Å². The zero-order chi connectivity index (χ0) is 13.4. The Hall–Kier alpha value is -1.16. The fraction of sp³-hybridized carbons (Fsp3) is 0.467. The molecule has 19 heavy (non-hydrogen) atoms. The van der Waals surface area contributed by atoms with Crippen molar-refractivity contribution in [3.63, 3.8) is 0 Å². The molecule has 1 fully saturated rings. The van der Waals surface area contributed by atoms with Crippen LogP contribution in [0.15, 0.2) is 24.3 Å². The van der Waals surface area contributed by atoms with Crippen molar-refractivity contribution in [3.8, 4) is 0 Å². The molecule has 2 unspecified atom stereocenters. The molecule has 1 saturated heterocycles. The molecule has 3 nitrogen and oxygen atoms in total. The maximum absolute atomic E-state index is 4.45. The van der Waals surface area contributed by atoms with E-state index < -0.39 is 0 Å². The third-order valence-electron chi connectivity index (χ3n) is 3.95. The molecule has 0 radical (unpaired) electrons. The van der Waals surface area contributed by atoms with E-state index in [0.717, 1.165) is 31.0 Å². The van der Waals surface area contributed by atoms with Gasteiger partial charge in [0.05, 0.1) is 5.69 Å². The van der Waals surface area contributed by atoms with Crippen LogP contribution in [0.2, 0.25) is 0 Å². The van der Waals surface area contributed by atoms with Crippen LogP contribution in [0.1, 0.15) is 19.0 Å². The SMILES string of the molecule is Cc1nnc(N2CCC(Br)C(C)C2)c2ccccc12. The summed E-state index contributed by atoms with van der Waals surface area (Å²) < 4.78 is 0. The Morgan fingerprint density at radius 3 is 2.68 bits per heavy atom. The van der Waals surface area contributed by atoms with Gasteiger partial charge in [-0.15, -0.1) is 5.10 Å². The van der Waals surface area contributed by atoms with Crippen molar-refractivity contribution in [1.82, 2.24) is 10.2 Å². The summed E-state index contributed by atoms with van der Waals surface area (Å²) in [4.78, 5) is 2.99. The fourth-order valence-corrected chi connectivity index (χ4v) is 3.14. The smallest absolute Gasteiger partial charge is 0.159 e. The highest BCUT2D eigenvalue weighted by atomic mass is 79.9. The van der Waals surface area contributed by atoms with Gasteiger partial charge in [-0.1, -0.05) is 47.1 Å². The molecule has 1 aliphatic rings. The van der Waals surface area contributed by atoms with Crippen molar-refractivity contribution in [2.45, 2.75) is 25.1 Å². The number of anilines is 1. The standard InChI is InChI=1S/C15H18BrN3/c1-10-9-19(8-7-14(10)16)15-13-6-4-3-5-12(13)11(2)17-18-15/h3-6,10,14H,7-9H2,1-2H3. The van der Waals surface area contributed by atoms with Crippen LogP contribution in [-0.2, 0) is 0 Å².